The molecule has 0 aromatic heterocycles. The van der Waals surface area contributed by atoms with Crippen LogP contribution in [0.15, 0.2) is 0 Å². The number of benzene rings is 2. The molecule has 0 saturated carbocycles. The van der Waals surface area contributed by atoms with Crippen molar-refractivity contribution in [1.82, 2.24) is 0 Å². The van der Waals surface area contributed by atoms with E-state index in [4.69, 9.17) is 167 Å². The molecule has 34 heavy (non-hydrogen) atoms. The Labute approximate surface area is 267 Å². The number of hydrogen-bond acceptors (Lipinski definition) is 1. The van der Waals surface area contributed by atoms with E-state index in [1.54, 1.807) is 20.8 Å². The average molecular weight is 748 g/mol. The Morgan fingerprint density at radius 3 is 0.853 bits per heavy atom. The van der Waals surface area contributed by atoms with Crippen molar-refractivity contribution >= 4 is 169 Å². The van der Waals surface area contributed by atoms with E-state index in [2.05, 4.69) is 0 Å². The second-order valence-corrected chi connectivity index (χ2v) is 14.3. The fourth-order valence-corrected chi connectivity index (χ4v) is 7.86. The van der Waals surface area contributed by atoms with Crippen LogP contribution >= 0.6 is 162 Å². The standard InChI is InChI=1S/C18H9BCl14O/c1-16(2,3)34-19(17(30,31)4-6(20)10(24)14(28)11(25)7(4)21)18(32,33)5-8(22)12(26)15(29)13(27)9(5)23/h1-3H3. The smallest absolute Gasteiger partial charge is 0.379 e. The molecule has 0 saturated heterocycles. The summed E-state index contributed by atoms with van der Waals surface area (Å²) in [6.07, 6.45) is 0. The Kier molecular flexibility index (Phi) is 11.1. The van der Waals surface area contributed by atoms with Crippen molar-refractivity contribution in [2.75, 3.05) is 0 Å². The van der Waals surface area contributed by atoms with Gasteiger partial charge in [0.1, 0.15) is 0 Å². The van der Waals surface area contributed by atoms with Gasteiger partial charge in [-0.25, -0.2) is 0 Å². The van der Waals surface area contributed by atoms with E-state index in [-0.39, 0.29) is 61.4 Å². The lowest BCUT2D eigenvalue weighted by Gasteiger charge is -2.40. The molecule has 0 unspecified atom stereocenters. The fraction of sp³-hybridized carbons (Fsp3) is 0.333. The molecule has 0 fully saturated rings. The minimum absolute atomic E-state index is 0.120. The molecule has 0 atom stereocenters. The summed E-state index contributed by atoms with van der Waals surface area (Å²) in [5, 5.41) is -1.80. The first kappa shape index (κ1) is 32.7. The van der Waals surface area contributed by atoms with Crippen LogP contribution in [0.25, 0.3) is 0 Å². The molecule has 0 bridgehead atoms. The van der Waals surface area contributed by atoms with Crippen LogP contribution in [0.3, 0.4) is 0 Å². The van der Waals surface area contributed by atoms with Crippen molar-refractivity contribution in [2.45, 2.75) is 34.8 Å². The Hall–Kier alpha value is 2.52. The van der Waals surface area contributed by atoms with Crippen LogP contribution in [0, 0.1) is 0 Å². The third-order valence-electron chi connectivity index (χ3n) is 4.22. The summed E-state index contributed by atoms with van der Waals surface area (Å²) in [6.45, 7) is 3.44. The third-order valence-corrected chi connectivity index (χ3v) is 10.3. The number of halogens is 14. The monoisotopic (exact) mass is 742 g/mol. The lowest BCUT2D eigenvalue weighted by Crippen LogP contribution is -2.52. The Morgan fingerprint density at radius 2 is 0.647 bits per heavy atom. The Bertz CT molecular complexity index is 1000. The SMILES string of the molecule is CC(C)(C)OB(C(Cl)(Cl)c1c(Cl)c(Cl)c(Cl)c(Cl)c1Cl)C(Cl)(Cl)c1c(Cl)c(Cl)c(Cl)c(Cl)c1Cl. The van der Waals surface area contributed by atoms with Crippen LogP contribution in [0.1, 0.15) is 31.9 Å². The molecule has 0 aliphatic heterocycles. The highest BCUT2D eigenvalue weighted by molar-refractivity contribution is 6.91. The van der Waals surface area contributed by atoms with Crippen molar-refractivity contribution in [3.63, 3.8) is 0 Å². The Morgan fingerprint density at radius 1 is 0.441 bits per heavy atom. The van der Waals surface area contributed by atoms with Gasteiger partial charge in [0.25, 0.3) is 0 Å². The van der Waals surface area contributed by atoms with Gasteiger partial charge in [-0.15, -0.1) is 46.4 Å². The first-order chi connectivity index (χ1) is 15.2. The van der Waals surface area contributed by atoms with E-state index in [1.165, 1.54) is 0 Å². The van der Waals surface area contributed by atoms with E-state index in [9.17, 15) is 0 Å². The Balaban J connectivity index is 2.97. The highest BCUT2D eigenvalue weighted by atomic mass is 35.5. The minimum Gasteiger partial charge on any atom is -0.425 e. The van der Waals surface area contributed by atoms with Crippen LogP contribution < -0.4 is 0 Å². The molecular weight excluding hydrogens is 739 g/mol. The van der Waals surface area contributed by atoms with Crippen molar-refractivity contribution < 1.29 is 4.65 Å². The molecular formula is C18H9BCl14O. The molecule has 2 aromatic rings. The number of alkyl halides is 4. The molecule has 16 heteroatoms. The summed E-state index contributed by atoms with van der Waals surface area (Å²) >= 11 is 90.2. The van der Waals surface area contributed by atoms with Crippen LogP contribution in [0.2, 0.25) is 50.2 Å². The fourth-order valence-electron chi connectivity index (χ4n) is 2.79. The summed E-state index contributed by atoms with van der Waals surface area (Å²) in [6, 6.07) is 0. The summed E-state index contributed by atoms with van der Waals surface area (Å²) in [7, 11) is 0. The van der Waals surface area contributed by atoms with E-state index >= 15 is 0 Å². The van der Waals surface area contributed by atoms with E-state index in [0.29, 0.717) is 0 Å². The maximum Gasteiger partial charge on any atom is 0.379 e. The molecule has 0 spiro atoms. The molecule has 188 valence electrons. The third kappa shape index (κ3) is 6.14. The van der Waals surface area contributed by atoms with Gasteiger partial charge >= 0.3 is 6.92 Å². The minimum atomic E-state index is -2.24. The van der Waals surface area contributed by atoms with Gasteiger partial charge in [0.05, 0.1) is 50.2 Å². The lowest BCUT2D eigenvalue weighted by molar-refractivity contribution is 0.123. The van der Waals surface area contributed by atoms with Crippen molar-refractivity contribution in [2.24, 2.45) is 0 Å². The van der Waals surface area contributed by atoms with Gasteiger partial charge in [-0.1, -0.05) is 116 Å². The average Bonchev–Trinajstić information content (AvgIpc) is 2.71. The predicted octanol–water partition coefficient (Wildman–Crippen LogP) is 13.1. The topological polar surface area (TPSA) is 9.23 Å². The van der Waals surface area contributed by atoms with E-state index in [0.717, 1.165) is 0 Å². The highest BCUT2D eigenvalue weighted by Gasteiger charge is 2.60. The zero-order valence-electron chi connectivity index (χ0n) is 16.8. The van der Waals surface area contributed by atoms with Crippen LogP contribution in [-0.4, -0.2) is 12.5 Å². The molecule has 0 radical (unpaired) electrons. The van der Waals surface area contributed by atoms with Crippen LogP contribution in [0.4, 0.5) is 0 Å². The van der Waals surface area contributed by atoms with Gasteiger partial charge in [-0.3, -0.25) is 0 Å². The van der Waals surface area contributed by atoms with Crippen LogP contribution in [0.5, 0.6) is 0 Å². The highest BCUT2D eigenvalue weighted by Crippen LogP contribution is 2.59. The molecule has 2 aromatic carbocycles. The first-order valence-electron chi connectivity index (χ1n) is 8.66. The maximum absolute atomic E-state index is 6.85. The molecule has 1 nitrogen and oxygen atoms in total. The van der Waals surface area contributed by atoms with Crippen molar-refractivity contribution in [3.8, 4) is 0 Å². The van der Waals surface area contributed by atoms with E-state index in [1.807, 2.05) is 0 Å². The summed E-state index contributed by atoms with van der Waals surface area (Å²) in [4.78, 5) is 0. The largest absolute Gasteiger partial charge is 0.425 e. The van der Waals surface area contributed by atoms with Gasteiger partial charge in [-0.05, 0) is 20.8 Å². The van der Waals surface area contributed by atoms with Gasteiger partial charge in [0.2, 0.25) is 0 Å². The molecule has 0 amide bonds. The molecule has 0 heterocycles. The number of rotatable bonds is 5. The quantitative estimate of drug-likeness (QED) is 0.128. The second-order valence-electron chi connectivity index (χ2n) is 7.75. The predicted molar refractivity (Wildman–Crippen MR) is 156 cm³/mol. The molecule has 0 N–H and O–H groups in total. The molecule has 0 aliphatic carbocycles. The molecule has 0 aliphatic rings. The molecule has 2 rings (SSSR count). The van der Waals surface area contributed by atoms with Gasteiger partial charge < -0.3 is 4.65 Å². The van der Waals surface area contributed by atoms with E-state index < -0.39 is 21.0 Å². The summed E-state index contributed by atoms with van der Waals surface area (Å²) in [5.41, 5.74) is -1.32. The zero-order valence-corrected chi connectivity index (χ0v) is 27.4. The lowest BCUT2D eigenvalue weighted by atomic mass is 9.55. The van der Waals surface area contributed by atoms with Crippen molar-refractivity contribution in [3.05, 3.63) is 61.4 Å². The summed E-state index contributed by atoms with van der Waals surface area (Å²) < 4.78 is 1.63. The van der Waals surface area contributed by atoms with Crippen molar-refractivity contribution in [1.29, 1.82) is 0 Å². The normalized spacial score (nSPS) is 13.0. The number of hydrogen-bond donors (Lipinski definition) is 0. The van der Waals surface area contributed by atoms with Gasteiger partial charge in [-0.2, -0.15) is 0 Å². The second kappa shape index (κ2) is 11.6. The van der Waals surface area contributed by atoms with Gasteiger partial charge in [0.15, 0.2) is 8.47 Å². The zero-order chi connectivity index (χ0) is 26.7. The maximum atomic E-state index is 6.85. The first-order valence-corrected chi connectivity index (χ1v) is 14.0. The van der Waals surface area contributed by atoms with Gasteiger partial charge in [0, 0.05) is 16.7 Å². The summed E-state index contributed by atoms with van der Waals surface area (Å²) in [5.74, 6) is 0. The van der Waals surface area contributed by atoms with Crippen LogP contribution in [-0.2, 0) is 13.1 Å².